The molecule has 0 aliphatic carbocycles. The lowest BCUT2D eigenvalue weighted by Gasteiger charge is -2.14. The van der Waals surface area contributed by atoms with Crippen molar-refractivity contribution in [2.24, 2.45) is 0 Å². The van der Waals surface area contributed by atoms with E-state index in [0.717, 1.165) is 9.09 Å². The Kier molecular flexibility index (Phi) is 7.79. The summed E-state index contributed by atoms with van der Waals surface area (Å²) in [5.41, 5.74) is 1.77. The average Bonchev–Trinajstić information content (AvgIpc) is 2.45. The second-order valence-electron chi connectivity index (χ2n) is 4.60. The summed E-state index contributed by atoms with van der Waals surface area (Å²) in [5, 5.41) is 17.9. The van der Waals surface area contributed by atoms with Crippen molar-refractivity contribution in [3.05, 3.63) is 35.4 Å². The number of hydrogen-bond acceptors (Lipinski definition) is 5. The van der Waals surface area contributed by atoms with Crippen molar-refractivity contribution in [1.29, 1.82) is 5.26 Å². The molecular formula is C15H17NO2S3. The number of carboxylic acid groups (broad SMARTS) is 1. The van der Waals surface area contributed by atoms with Crippen LogP contribution in [0.25, 0.3) is 0 Å². The van der Waals surface area contributed by atoms with Crippen LogP contribution in [0.2, 0.25) is 0 Å². The molecule has 2 unspecified atom stereocenters. The van der Waals surface area contributed by atoms with E-state index in [9.17, 15) is 4.79 Å². The van der Waals surface area contributed by atoms with Crippen molar-refractivity contribution in [3.8, 4) is 6.07 Å². The first-order chi connectivity index (χ1) is 9.92. The second kappa shape index (κ2) is 9.08. The molecule has 3 nitrogen and oxygen atoms in total. The van der Waals surface area contributed by atoms with Crippen molar-refractivity contribution in [2.45, 2.75) is 37.2 Å². The van der Waals surface area contributed by atoms with Gasteiger partial charge in [0.05, 0.1) is 11.6 Å². The topological polar surface area (TPSA) is 61.1 Å². The summed E-state index contributed by atoms with van der Waals surface area (Å²) in [5.74, 6) is -0.771. The molecule has 0 aliphatic heterocycles. The molecule has 0 aliphatic rings. The van der Waals surface area contributed by atoms with Crippen LogP contribution in [-0.4, -0.2) is 19.9 Å². The minimum absolute atomic E-state index is 0.173. The Labute approximate surface area is 139 Å². The summed E-state index contributed by atoms with van der Waals surface area (Å²) in [4.78, 5) is 10.5. The van der Waals surface area contributed by atoms with Gasteiger partial charge >= 0.3 is 5.97 Å². The Morgan fingerprint density at radius 3 is 2.48 bits per heavy atom. The number of thiocarbonyl (C=S) groups is 1. The van der Waals surface area contributed by atoms with E-state index in [4.69, 9.17) is 22.6 Å². The molecule has 1 aromatic rings. The first-order valence-corrected chi connectivity index (χ1v) is 8.68. The summed E-state index contributed by atoms with van der Waals surface area (Å²) in [6, 6.07) is 9.59. The van der Waals surface area contributed by atoms with Crippen molar-refractivity contribution in [2.75, 3.05) is 0 Å². The highest BCUT2D eigenvalue weighted by molar-refractivity contribution is 8.47. The number of hydrogen-bond donors (Lipinski definition) is 1. The zero-order valence-electron chi connectivity index (χ0n) is 11.9. The standard InChI is InChI=1S/C15H17NO2S3/c1-10(3-8-14(17)18)20-15(19)21-11(2)13-6-4-12(9-16)5-7-13/h4-7,10-11H,3,8H2,1-2H3,(H,17,18). The van der Waals surface area contributed by atoms with Crippen LogP contribution in [0.4, 0.5) is 0 Å². The van der Waals surface area contributed by atoms with Crippen LogP contribution in [-0.2, 0) is 4.79 Å². The number of benzene rings is 1. The Bertz CT molecular complexity index is 537. The highest BCUT2D eigenvalue weighted by Gasteiger charge is 2.13. The molecule has 0 radical (unpaired) electrons. The third kappa shape index (κ3) is 6.98. The molecule has 0 saturated carbocycles. The Morgan fingerprint density at radius 2 is 1.95 bits per heavy atom. The van der Waals surface area contributed by atoms with E-state index < -0.39 is 5.97 Å². The summed E-state index contributed by atoms with van der Waals surface area (Å²) in [6.07, 6.45) is 0.790. The fourth-order valence-electron chi connectivity index (χ4n) is 1.62. The highest BCUT2D eigenvalue weighted by atomic mass is 32.2. The van der Waals surface area contributed by atoms with E-state index >= 15 is 0 Å². The van der Waals surface area contributed by atoms with Gasteiger partial charge < -0.3 is 5.11 Å². The largest absolute Gasteiger partial charge is 0.481 e. The summed E-state index contributed by atoms with van der Waals surface area (Å²) in [7, 11) is 0. The van der Waals surface area contributed by atoms with Crippen molar-refractivity contribution < 1.29 is 9.90 Å². The normalized spacial score (nSPS) is 13.2. The quantitative estimate of drug-likeness (QED) is 0.763. The smallest absolute Gasteiger partial charge is 0.303 e. The molecule has 112 valence electrons. The van der Waals surface area contributed by atoms with Crippen LogP contribution >= 0.6 is 35.7 Å². The van der Waals surface area contributed by atoms with Gasteiger partial charge in [-0.25, -0.2) is 0 Å². The molecule has 2 atom stereocenters. The van der Waals surface area contributed by atoms with Gasteiger partial charge in [-0.1, -0.05) is 43.0 Å². The molecule has 21 heavy (non-hydrogen) atoms. The van der Waals surface area contributed by atoms with Crippen LogP contribution in [0.5, 0.6) is 0 Å². The van der Waals surface area contributed by atoms with Gasteiger partial charge in [0.1, 0.15) is 3.53 Å². The molecule has 1 aromatic carbocycles. The zero-order chi connectivity index (χ0) is 15.8. The van der Waals surface area contributed by atoms with Gasteiger partial charge in [0.15, 0.2) is 0 Å². The maximum Gasteiger partial charge on any atom is 0.303 e. The molecule has 6 heteroatoms. The molecule has 0 fully saturated rings. The van der Waals surface area contributed by atoms with E-state index in [0.29, 0.717) is 12.0 Å². The van der Waals surface area contributed by atoms with E-state index in [1.54, 1.807) is 35.7 Å². The monoisotopic (exact) mass is 339 g/mol. The lowest BCUT2D eigenvalue weighted by Crippen LogP contribution is -2.04. The molecular weight excluding hydrogens is 322 g/mol. The highest BCUT2D eigenvalue weighted by Crippen LogP contribution is 2.35. The third-order valence-corrected chi connectivity index (χ3v) is 5.65. The predicted molar refractivity (Wildman–Crippen MR) is 93.7 cm³/mol. The number of nitrogens with zero attached hydrogens (tertiary/aromatic N) is 1. The van der Waals surface area contributed by atoms with Crippen molar-refractivity contribution >= 4 is 45.2 Å². The second-order valence-corrected chi connectivity index (χ2v) is 8.59. The van der Waals surface area contributed by atoms with Gasteiger partial charge in [-0.15, -0.1) is 11.8 Å². The van der Waals surface area contributed by atoms with Gasteiger partial charge in [-0.05, 0) is 31.0 Å². The molecule has 0 amide bonds. The molecule has 0 spiro atoms. The van der Waals surface area contributed by atoms with Crippen LogP contribution in [0, 0.1) is 11.3 Å². The minimum atomic E-state index is -0.771. The number of aliphatic carboxylic acids is 1. The van der Waals surface area contributed by atoms with E-state index in [2.05, 4.69) is 13.0 Å². The summed E-state index contributed by atoms with van der Waals surface area (Å²) < 4.78 is 0.824. The van der Waals surface area contributed by atoms with Crippen LogP contribution < -0.4 is 0 Å². The number of rotatable bonds is 6. The van der Waals surface area contributed by atoms with Crippen LogP contribution in [0.3, 0.4) is 0 Å². The predicted octanol–water partition coefficient (Wildman–Crippen LogP) is 4.62. The van der Waals surface area contributed by atoms with E-state index in [1.165, 1.54) is 0 Å². The van der Waals surface area contributed by atoms with Crippen LogP contribution in [0.1, 0.15) is 43.1 Å². The lowest BCUT2D eigenvalue weighted by atomic mass is 10.1. The zero-order valence-corrected chi connectivity index (χ0v) is 14.4. The maximum absolute atomic E-state index is 10.5. The Morgan fingerprint density at radius 1 is 1.33 bits per heavy atom. The molecule has 0 saturated heterocycles. The fourth-order valence-corrected chi connectivity index (χ4v) is 4.84. The fraction of sp³-hybridized carbons (Fsp3) is 0.400. The maximum atomic E-state index is 10.5. The van der Waals surface area contributed by atoms with Gasteiger partial charge in [-0.2, -0.15) is 5.26 Å². The van der Waals surface area contributed by atoms with Crippen LogP contribution in [0.15, 0.2) is 24.3 Å². The number of carboxylic acids is 1. The van der Waals surface area contributed by atoms with Gasteiger partial charge in [0.2, 0.25) is 0 Å². The third-order valence-electron chi connectivity index (χ3n) is 2.84. The first-order valence-electron chi connectivity index (χ1n) is 6.51. The number of nitriles is 1. The Hall–Kier alpha value is -1.03. The van der Waals surface area contributed by atoms with Crippen molar-refractivity contribution in [3.63, 3.8) is 0 Å². The summed E-state index contributed by atoms with van der Waals surface area (Å²) in [6.45, 7) is 4.06. The van der Waals surface area contributed by atoms with Gasteiger partial charge in [0, 0.05) is 16.9 Å². The van der Waals surface area contributed by atoms with Crippen molar-refractivity contribution in [1.82, 2.24) is 0 Å². The van der Waals surface area contributed by atoms with E-state index in [1.807, 2.05) is 19.1 Å². The number of thioether (sulfide) groups is 2. The SMILES string of the molecule is CC(CCC(=O)O)SC(=S)SC(C)c1ccc(C#N)cc1. The average molecular weight is 340 g/mol. The number of carbonyl (C=O) groups is 1. The van der Waals surface area contributed by atoms with Gasteiger partial charge in [0.25, 0.3) is 0 Å². The molecule has 1 rings (SSSR count). The Balaban J connectivity index is 2.46. The van der Waals surface area contributed by atoms with E-state index in [-0.39, 0.29) is 16.9 Å². The minimum Gasteiger partial charge on any atom is -0.481 e. The lowest BCUT2D eigenvalue weighted by molar-refractivity contribution is -0.137. The summed E-state index contributed by atoms with van der Waals surface area (Å²) >= 11 is 8.50. The molecule has 0 heterocycles. The molecule has 0 aromatic heterocycles. The van der Waals surface area contributed by atoms with Gasteiger partial charge in [-0.3, -0.25) is 4.79 Å². The molecule has 1 N–H and O–H groups in total. The first kappa shape index (κ1) is 18.0. The molecule has 0 bridgehead atoms.